The molecule has 0 aliphatic carbocycles. The summed E-state index contributed by atoms with van der Waals surface area (Å²) in [6.45, 7) is 0.522. The predicted molar refractivity (Wildman–Crippen MR) is 33.5 cm³/mol. The van der Waals surface area contributed by atoms with E-state index in [-0.39, 0.29) is 0 Å². The van der Waals surface area contributed by atoms with Crippen LogP contribution in [-0.2, 0) is 0 Å². The molecule has 0 unspecified atom stereocenters. The molecule has 1 aliphatic heterocycles. The number of aliphatic hydroxyl groups excluding tert-OH is 1. The molecule has 0 atom stereocenters. The van der Waals surface area contributed by atoms with Gasteiger partial charge in [-0.1, -0.05) is 6.08 Å². The molecular weight excluding hydrogens is 118 g/mol. The fraction of sp³-hybridized carbons (Fsp3) is 0.333. The quantitative estimate of drug-likeness (QED) is 0.410. The second-order valence-corrected chi connectivity index (χ2v) is 1.86. The van der Waals surface area contributed by atoms with Gasteiger partial charge in [-0.15, -0.1) is 0 Å². The van der Waals surface area contributed by atoms with Crippen molar-refractivity contribution in [2.45, 2.75) is 6.29 Å². The van der Waals surface area contributed by atoms with Gasteiger partial charge in [0.15, 0.2) is 6.29 Å². The number of aliphatic hydroxyl groups is 2. The van der Waals surface area contributed by atoms with Crippen molar-refractivity contribution in [3.63, 3.8) is 0 Å². The van der Waals surface area contributed by atoms with E-state index in [1.54, 1.807) is 18.4 Å². The minimum atomic E-state index is -1.32. The molecule has 0 saturated heterocycles. The lowest BCUT2D eigenvalue weighted by atomic mass is 10.2. The first-order valence-electron chi connectivity index (χ1n) is 2.76. The molecule has 1 aliphatic rings. The van der Waals surface area contributed by atoms with Crippen molar-refractivity contribution in [2.75, 3.05) is 6.54 Å². The molecule has 3 heteroatoms. The Hall–Kier alpha value is -0.800. The van der Waals surface area contributed by atoms with E-state index in [1.165, 1.54) is 0 Å². The molecule has 1 heterocycles. The topological polar surface area (TPSA) is 52.5 Å². The summed E-state index contributed by atoms with van der Waals surface area (Å²) in [5.74, 6) is 0. The largest absolute Gasteiger partial charge is 0.387 e. The third-order valence-corrected chi connectivity index (χ3v) is 1.16. The third-order valence-electron chi connectivity index (χ3n) is 1.16. The highest BCUT2D eigenvalue weighted by molar-refractivity contribution is 5.19. The van der Waals surface area contributed by atoms with Crippen molar-refractivity contribution in [3.05, 3.63) is 23.9 Å². The van der Waals surface area contributed by atoms with E-state index in [1.807, 2.05) is 0 Å². The zero-order chi connectivity index (χ0) is 6.69. The number of hydrogen-bond donors (Lipinski definition) is 3. The van der Waals surface area contributed by atoms with Gasteiger partial charge in [0.25, 0.3) is 0 Å². The van der Waals surface area contributed by atoms with Gasteiger partial charge in [0.1, 0.15) is 0 Å². The first-order chi connectivity index (χ1) is 4.30. The van der Waals surface area contributed by atoms with E-state index in [2.05, 4.69) is 5.32 Å². The maximum Gasteiger partial charge on any atom is 0.176 e. The molecule has 0 saturated carbocycles. The maximum absolute atomic E-state index is 8.59. The Morgan fingerprint density at radius 1 is 1.56 bits per heavy atom. The van der Waals surface area contributed by atoms with E-state index < -0.39 is 6.29 Å². The Bertz CT molecular complexity index is 149. The van der Waals surface area contributed by atoms with Gasteiger partial charge in [-0.3, -0.25) is 0 Å². The van der Waals surface area contributed by atoms with Crippen molar-refractivity contribution < 1.29 is 10.2 Å². The Labute approximate surface area is 53.3 Å². The highest BCUT2D eigenvalue weighted by Crippen LogP contribution is 2.00. The second kappa shape index (κ2) is 2.66. The summed E-state index contributed by atoms with van der Waals surface area (Å²) in [7, 11) is 0. The zero-order valence-corrected chi connectivity index (χ0v) is 4.91. The van der Waals surface area contributed by atoms with Gasteiger partial charge in [0.05, 0.1) is 0 Å². The SMILES string of the molecule is OC(O)C1=CC=CNC1. The fourth-order valence-corrected chi connectivity index (χ4v) is 0.653. The van der Waals surface area contributed by atoms with Crippen LogP contribution in [0.4, 0.5) is 0 Å². The van der Waals surface area contributed by atoms with Crippen molar-refractivity contribution in [1.29, 1.82) is 0 Å². The Morgan fingerprint density at radius 3 is 2.67 bits per heavy atom. The lowest BCUT2D eigenvalue weighted by Crippen LogP contribution is -2.21. The molecular formula is C6H9NO2. The molecule has 1 rings (SSSR count). The van der Waals surface area contributed by atoms with Gasteiger partial charge in [-0.2, -0.15) is 0 Å². The zero-order valence-electron chi connectivity index (χ0n) is 4.91. The first-order valence-corrected chi connectivity index (χ1v) is 2.76. The minimum absolute atomic E-state index is 0.522. The molecule has 0 fully saturated rings. The van der Waals surface area contributed by atoms with Gasteiger partial charge in [0.2, 0.25) is 0 Å². The summed E-state index contributed by atoms with van der Waals surface area (Å²) in [4.78, 5) is 0. The maximum atomic E-state index is 8.59. The van der Waals surface area contributed by atoms with Crippen LogP contribution in [0, 0.1) is 0 Å². The van der Waals surface area contributed by atoms with E-state index in [9.17, 15) is 0 Å². The molecule has 9 heavy (non-hydrogen) atoms. The van der Waals surface area contributed by atoms with Crippen LogP contribution in [0.5, 0.6) is 0 Å². The summed E-state index contributed by atoms with van der Waals surface area (Å²) in [6.07, 6.45) is 3.85. The molecule has 50 valence electrons. The van der Waals surface area contributed by atoms with Crippen molar-refractivity contribution in [3.8, 4) is 0 Å². The number of dihydropyridines is 1. The molecule has 0 aromatic carbocycles. The number of rotatable bonds is 1. The highest BCUT2D eigenvalue weighted by atomic mass is 16.5. The van der Waals surface area contributed by atoms with Crippen LogP contribution in [0.2, 0.25) is 0 Å². The van der Waals surface area contributed by atoms with E-state index in [4.69, 9.17) is 10.2 Å². The van der Waals surface area contributed by atoms with Crippen molar-refractivity contribution in [1.82, 2.24) is 5.32 Å². The normalized spacial score (nSPS) is 17.4. The van der Waals surface area contributed by atoms with Gasteiger partial charge >= 0.3 is 0 Å². The van der Waals surface area contributed by atoms with Gasteiger partial charge in [-0.05, 0) is 12.3 Å². The van der Waals surface area contributed by atoms with Crippen LogP contribution in [0.25, 0.3) is 0 Å². The van der Waals surface area contributed by atoms with E-state index in [0.29, 0.717) is 12.1 Å². The molecule has 0 aromatic heterocycles. The van der Waals surface area contributed by atoms with Gasteiger partial charge in [-0.25, -0.2) is 0 Å². The second-order valence-electron chi connectivity index (χ2n) is 1.86. The summed E-state index contributed by atoms with van der Waals surface area (Å²) >= 11 is 0. The molecule has 0 radical (unpaired) electrons. The highest BCUT2D eigenvalue weighted by Gasteiger charge is 2.05. The van der Waals surface area contributed by atoms with Crippen LogP contribution < -0.4 is 5.32 Å². The molecule has 0 amide bonds. The first kappa shape index (κ1) is 6.32. The number of hydrogen-bond acceptors (Lipinski definition) is 3. The summed E-state index contributed by atoms with van der Waals surface area (Å²) < 4.78 is 0. The molecule has 0 aromatic rings. The third kappa shape index (κ3) is 1.55. The predicted octanol–water partition coefficient (Wildman–Crippen LogP) is -0.660. The minimum Gasteiger partial charge on any atom is -0.387 e. The lowest BCUT2D eigenvalue weighted by Gasteiger charge is -2.11. The monoisotopic (exact) mass is 127 g/mol. The van der Waals surface area contributed by atoms with Gasteiger partial charge < -0.3 is 15.5 Å². The van der Waals surface area contributed by atoms with Crippen LogP contribution >= 0.6 is 0 Å². The molecule has 0 spiro atoms. The fourth-order valence-electron chi connectivity index (χ4n) is 0.653. The standard InChI is InChI=1S/C6H9NO2/c8-6(9)5-2-1-3-7-4-5/h1-3,6-9H,4H2. The average Bonchev–Trinajstić information content (AvgIpc) is 1.90. The number of allylic oxidation sites excluding steroid dienone is 2. The summed E-state index contributed by atoms with van der Waals surface area (Å²) in [6, 6.07) is 0. The van der Waals surface area contributed by atoms with Crippen LogP contribution in [0.3, 0.4) is 0 Å². The smallest absolute Gasteiger partial charge is 0.176 e. The molecule has 0 bridgehead atoms. The van der Waals surface area contributed by atoms with Crippen LogP contribution in [0.15, 0.2) is 23.9 Å². The molecule has 3 nitrogen and oxygen atoms in total. The van der Waals surface area contributed by atoms with Gasteiger partial charge in [0, 0.05) is 12.1 Å². The van der Waals surface area contributed by atoms with Crippen LogP contribution in [0.1, 0.15) is 0 Å². The van der Waals surface area contributed by atoms with E-state index in [0.717, 1.165) is 0 Å². The van der Waals surface area contributed by atoms with E-state index >= 15 is 0 Å². The Kier molecular flexibility index (Phi) is 1.87. The summed E-state index contributed by atoms with van der Waals surface area (Å²) in [5, 5.41) is 20.0. The van der Waals surface area contributed by atoms with Crippen molar-refractivity contribution in [2.24, 2.45) is 0 Å². The molecule has 3 N–H and O–H groups in total. The lowest BCUT2D eigenvalue weighted by molar-refractivity contribution is -0.00917. The number of nitrogens with one attached hydrogen (secondary N) is 1. The average molecular weight is 127 g/mol. The Morgan fingerprint density at radius 2 is 2.33 bits per heavy atom. The van der Waals surface area contributed by atoms with Crippen LogP contribution in [-0.4, -0.2) is 23.0 Å². The summed E-state index contributed by atoms with van der Waals surface area (Å²) in [5.41, 5.74) is 0.595. The Balaban J connectivity index is 2.57. The van der Waals surface area contributed by atoms with Crippen molar-refractivity contribution >= 4 is 0 Å².